The molecule has 0 amide bonds. The van der Waals surface area contributed by atoms with Crippen molar-refractivity contribution in [1.29, 1.82) is 0 Å². The van der Waals surface area contributed by atoms with Crippen molar-refractivity contribution in [2.24, 2.45) is 0 Å². The topological polar surface area (TPSA) is 54.9 Å². The summed E-state index contributed by atoms with van der Waals surface area (Å²) in [7, 11) is 0. The van der Waals surface area contributed by atoms with E-state index >= 15 is 0 Å². The predicted octanol–water partition coefficient (Wildman–Crippen LogP) is 1.55. The minimum Gasteiger partial charge on any atom is -0.312 e. The molecule has 18 heavy (non-hydrogen) atoms. The van der Waals surface area contributed by atoms with Crippen LogP contribution in [0.2, 0.25) is 0 Å². The minimum atomic E-state index is -0.161. The fourth-order valence-corrected chi connectivity index (χ4v) is 2.34. The fraction of sp³-hybridized carbons (Fsp3) is 0.214. The lowest BCUT2D eigenvalue weighted by molar-refractivity contribution is 0.0949. The third-order valence-corrected chi connectivity index (χ3v) is 3.23. The molecule has 0 saturated carbocycles. The van der Waals surface area contributed by atoms with Gasteiger partial charge in [-0.05, 0) is 11.1 Å². The maximum Gasteiger partial charge on any atom is 0.191 e. The quantitative estimate of drug-likeness (QED) is 0.808. The van der Waals surface area contributed by atoms with E-state index in [0.29, 0.717) is 12.2 Å². The lowest BCUT2D eigenvalue weighted by Crippen LogP contribution is -2.33. The molecule has 1 aromatic carbocycles. The molecule has 1 aliphatic heterocycles. The summed E-state index contributed by atoms with van der Waals surface area (Å²) in [5.41, 5.74) is 2.72. The Balaban J connectivity index is 1.97. The number of Topliss-reactive ketones (excluding diaryl/α,β-unsaturated/α-hetero) is 1. The van der Waals surface area contributed by atoms with Gasteiger partial charge in [0.2, 0.25) is 0 Å². The molecule has 2 aromatic rings. The number of nitrogens with one attached hydrogen (secondary N) is 1. The molecule has 0 spiro atoms. The van der Waals surface area contributed by atoms with Gasteiger partial charge in [-0.15, -0.1) is 0 Å². The van der Waals surface area contributed by atoms with Crippen LogP contribution in [0.15, 0.2) is 42.9 Å². The highest BCUT2D eigenvalue weighted by Crippen LogP contribution is 2.26. The second-order valence-electron chi connectivity index (χ2n) is 4.34. The SMILES string of the molecule is O=C(c1cnccn1)C1CNCc2ccccc21. The second-order valence-corrected chi connectivity index (χ2v) is 4.34. The first-order valence-corrected chi connectivity index (χ1v) is 5.95. The van der Waals surface area contributed by atoms with Crippen molar-refractivity contribution in [3.8, 4) is 0 Å². The molecule has 0 saturated heterocycles. The Morgan fingerprint density at radius 2 is 2.17 bits per heavy atom. The van der Waals surface area contributed by atoms with Gasteiger partial charge in [0.05, 0.1) is 12.1 Å². The summed E-state index contributed by atoms with van der Waals surface area (Å²) in [5.74, 6) is -0.130. The van der Waals surface area contributed by atoms with Crippen molar-refractivity contribution < 1.29 is 4.79 Å². The lowest BCUT2D eigenvalue weighted by atomic mass is 9.87. The van der Waals surface area contributed by atoms with Crippen LogP contribution >= 0.6 is 0 Å². The standard InChI is InChI=1S/C14H13N3O/c18-14(13-9-15-5-6-17-13)12-8-16-7-10-3-1-2-4-11(10)12/h1-6,9,12,16H,7-8H2. The van der Waals surface area contributed by atoms with E-state index in [4.69, 9.17) is 0 Å². The molecule has 0 fully saturated rings. The number of carbonyl (C=O) groups excluding carboxylic acids is 1. The number of ketones is 1. The van der Waals surface area contributed by atoms with Gasteiger partial charge in [-0.1, -0.05) is 24.3 Å². The smallest absolute Gasteiger partial charge is 0.191 e. The zero-order valence-electron chi connectivity index (χ0n) is 9.84. The van der Waals surface area contributed by atoms with Crippen molar-refractivity contribution in [2.75, 3.05) is 6.54 Å². The maximum absolute atomic E-state index is 12.4. The summed E-state index contributed by atoms with van der Waals surface area (Å²) in [6.07, 6.45) is 4.65. The van der Waals surface area contributed by atoms with Gasteiger partial charge in [0.25, 0.3) is 0 Å². The number of carbonyl (C=O) groups is 1. The van der Waals surface area contributed by atoms with Gasteiger partial charge in [0, 0.05) is 25.5 Å². The lowest BCUT2D eigenvalue weighted by Gasteiger charge is -2.24. The molecule has 1 N–H and O–H groups in total. The number of nitrogens with zero attached hydrogens (tertiary/aromatic N) is 2. The molecule has 1 unspecified atom stereocenters. The Morgan fingerprint density at radius 3 is 3.00 bits per heavy atom. The summed E-state index contributed by atoms with van der Waals surface area (Å²) in [4.78, 5) is 20.5. The van der Waals surface area contributed by atoms with Crippen LogP contribution in [0.25, 0.3) is 0 Å². The average molecular weight is 239 g/mol. The number of aromatic nitrogens is 2. The fourth-order valence-electron chi connectivity index (χ4n) is 2.34. The summed E-state index contributed by atoms with van der Waals surface area (Å²) >= 11 is 0. The molecule has 0 aliphatic carbocycles. The van der Waals surface area contributed by atoms with E-state index in [1.54, 1.807) is 12.4 Å². The monoisotopic (exact) mass is 239 g/mol. The van der Waals surface area contributed by atoms with Crippen molar-refractivity contribution in [3.63, 3.8) is 0 Å². The molecular weight excluding hydrogens is 226 g/mol. The van der Waals surface area contributed by atoms with Crippen LogP contribution in [0.4, 0.5) is 0 Å². The zero-order chi connectivity index (χ0) is 12.4. The second kappa shape index (κ2) is 4.66. The summed E-state index contributed by atoms with van der Waals surface area (Å²) in [6.45, 7) is 1.48. The van der Waals surface area contributed by atoms with E-state index in [9.17, 15) is 4.79 Å². The van der Waals surface area contributed by atoms with Crippen LogP contribution < -0.4 is 5.32 Å². The van der Waals surface area contributed by atoms with Crippen molar-refractivity contribution in [1.82, 2.24) is 15.3 Å². The average Bonchev–Trinajstić information content (AvgIpc) is 2.47. The summed E-state index contributed by atoms with van der Waals surface area (Å²) in [6, 6.07) is 8.05. The molecule has 4 heteroatoms. The van der Waals surface area contributed by atoms with E-state index in [-0.39, 0.29) is 11.7 Å². The molecule has 3 rings (SSSR count). The largest absolute Gasteiger partial charge is 0.312 e. The van der Waals surface area contributed by atoms with Gasteiger partial charge in [-0.3, -0.25) is 9.78 Å². The highest BCUT2D eigenvalue weighted by atomic mass is 16.1. The van der Waals surface area contributed by atoms with Gasteiger partial charge in [0.1, 0.15) is 5.69 Å². The number of fused-ring (bicyclic) bond motifs is 1. The normalized spacial score (nSPS) is 18.1. The van der Waals surface area contributed by atoms with Crippen LogP contribution in [0.3, 0.4) is 0 Å². The van der Waals surface area contributed by atoms with Crippen LogP contribution in [0, 0.1) is 0 Å². The first-order chi connectivity index (χ1) is 8.86. The Morgan fingerprint density at radius 1 is 1.28 bits per heavy atom. The van der Waals surface area contributed by atoms with E-state index < -0.39 is 0 Å². The third kappa shape index (κ3) is 1.91. The Labute approximate surface area is 105 Å². The number of benzene rings is 1. The van der Waals surface area contributed by atoms with Crippen molar-refractivity contribution in [2.45, 2.75) is 12.5 Å². The first-order valence-electron chi connectivity index (χ1n) is 5.95. The molecule has 4 nitrogen and oxygen atoms in total. The van der Waals surface area contributed by atoms with Gasteiger partial charge in [0.15, 0.2) is 5.78 Å². The Bertz CT molecular complexity index is 568. The van der Waals surface area contributed by atoms with E-state index in [0.717, 1.165) is 12.1 Å². The van der Waals surface area contributed by atoms with Crippen molar-refractivity contribution in [3.05, 3.63) is 59.7 Å². The van der Waals surface area contributed by atoms with Crippen LogP contribution in [0.1, 0.15) is 27.5 Å². The number of rotatable bonds is 2. The van der Waals surface area contributed by atoms with Crippen LogP contribution in [-0.2, 0) is 6.54 Å². The number of hydrogen-bond donors (Lipinski definition) is 1. The molecule has 1 aliphatic rings. The summed E-state index contributed by atoms with van der Waals surface area (Å²) in [5, 5.41) is 3.27. The predicted molar refractivity (Wildman–Crippen MR) is 67.3 cm³/mol. The highest BCUT2D eigenvalue weighted by molar-refractivity contribution is 5.99. The van der Waals surface area contributed by atoms with E-state index in [2.05, 4.69) is 21.4 Å². The minimum absolute atomic E-state index is 0.0303. The Kier molecular flexibility index (Phi) is 2.86. The molecule has 90 valence electrons. The molecule has 1 atom stereocenters. The summed E-state index contributed by atoms with van der Waals surface area (Å²) < 4.78 is 0. The number of hydrogen-bond acceptors (Lipinski definition) is 4. The maximum atomic E-state index is 12.4. The van der Waals surface area contributed by atoms with Gasteiger partial charge in [-0.2, -0.15) is 0 Å². The van der Waals surface area contributed by atoms with Crippen LogP contribution in [-0.4, -0.2) is 22.3 Å². The zero-order valence-corrected chi connectivity index (χ0v) is 9.84. The molecule has 2 heterocycles. The molecule has 1 aromatic heterocycles. The van der Waals surface area contributed by atoms with Crippen molar-refractivity contribution >= 4 is 5.78 Å². The van der Waals surface area contributed by atoms with Gasteiger partial charge < -0.3 is 5.32 Å². The third-order valence-electron chi connectivity index (χ3n) is 3.23. The van der Waals surface area contributed by atoms with Gasteiger partial charge >= 0.3 is 0 Å². The molecule has 0 radical (unpaired) electrons. The first kappa shape index (κ1) is 11.0. The van der Waals surface area contributed by atoms with E-state index in [1.807, 2.05) is 18.2 Å². The van der Waals surface area contributed by atoms with Crippen LogP contribution in [0.5, 0.6) is 0 Å². The van der Waals surface area contributed by atoms with Gasteiger partial charge in [-0.25, -0.2) is 4.98 Å². The molecule has 0 bridgehead atoms. The van der Waals surface area contributed by atoms with E-state index in [1.165, 1.54) is 11.8 Å². The molecular formula is C14H13N3O. The Hall–Kier alpha value is -2.07. The highest BCUT2D eigenvalue weighted by Gasteiger charge is 2.27.